The highest BCUT2D eigenvalue weighted by molar-refractivity contribution is 5.73. The zero-order valence-corrected chi connectivity index (χ0v) is 15.3. The summed E-state index contributed by atoms with van der Waals surface area (Å²) in [6.07, 6.45) is -2.75. The average molecular weight is 380 g/mol. The predicted molar refractivity (Wildman–Crippen MR) is 97.6 cm³/mol. The summed E-state index contributed by atoms with van der Waals surface area (Å²) in [6.45, 7) is 0.755. The van der Waals surface area contributed by atoms with Crippen LogP contribution in [0.5, 0.6) is 5.75 Å². The van der Waals surface area contributed by atoms with Gasteiger partial charge in [0.25, 0.3) is 0 Å². The van der Waals surface area contributed by atoms with Crippen molar-refractivity contribution in [1.29, 1.82) is 0 Å². The minimum Gasteiger partial charge on any atom is -0.497 e. The molecule has 2 aromatic rings. The predicted octanol–water partition coefficient (Wildman–Crippen LogP) is 4.49. The Morgan fingerprint density at radius 3 is 2.19 bits per heavy atom. The molecule has 4 nitrogen and oxygen atoms in total. The van der Waals surface area contributed by atoms with E-state index < -0.39 is 11.7 Å². The first-order valence-corrected chi connectivity index (χ1v) is 8.57. The molecule has 0 aliphatic carbocycles. The second kappa shape index (κ2) is 9.30. The Labute approximate surface area is 156 Å². The van der Waals surface area contributed by atoms with Crippen molar-refractivity contribution in [1.82, 2.24) is 10.2 Å². The van der Waals surface area contributed by atoms with E-state index in [-0.39, 0.29) is 12.6 Å². The minimum atomic E-state index is -4.36. The van der Waals surface area contributed by atoms with Gasteiger partial charge in [0, 0.05) is 20.1 Å². The molecule has 0 aliphatic rings. The molecular weight excluding hydrogens is 357 g/mol. The molecule has 0 spiro atoms. The van der Waals surface area contributed by atoms with Gasteiger partial charge < -0.3 is 15.0 Å². The number of nitrogens with one attached hydrogen (secondary N) is 1. The lowest BCUT2D eigenvalue weighted by molar-refractivity contribution is -0.137. The fourth-order valence-electron chi connectivity index (χ4n) is 2.56. The van der Waals surface area contributed by atoms with Gasteiger partial charge in [-0.3, -0.25) is 0 Å². The molecule has 0 heterocycles. The van der Waals surface area contributed by atoms with Gasteiger partial charge in [0.05, 0.1) is 12.7 Å². The number of halogens is 3. The van der Waals surface area contributed by atoms with Crippen LogP contribution in [0.1, 0.15) is 23.1 Å². The normalized spacial score (nSPS) is 11.1. The third-order valence-electron chi connectivity index (χ3n) is 4.13. The fourth-order valence-corrected chi connectivity index (χ4v) is 2.56. The van der Waals surface area contributed by atoms with Gasteiger partial charge in [-0.25, -0.2) is 4.79 Å². The van der Waals surface area contributed by atoms with Crippen LogP contribution in [-0.4, -0.2) is 31.6 Å². The van der Waals surface area contributed by atoms with Gasteiger partial charge in [0.1, 0.15) is 5.75 Å². The summed E-state index contributed by atoms with van der Waals surface area (Å²) in [6, 6.07) is 12.3. The molecule has 0 radical (unpaired) electrons. The Hall–Kier alpha value is -2.70. The highest BCUT2D eigenvalue weighted by Crippen LogP contribution is 2.29. The van der Waals surface area contributed by atoms with Crippen LogP contribution in [-0.2, 0) is 19.1 Å². The van der Waals surface area contributed by atoms with Gasteiger partial charge in [-0.15, -0.1) is 0 Å². The van der Waals surface area contributed by atoms with E-state index in [1.54, 1.807) is 14.2 Å². The third-order valence-corrected chi connectivity index (χ3v) is 4.13. The number of methoxy groups -OCH3 is 1. The zero-order valence-electron chi connectivity index (χ0n) is 15.3. The maximum atomic E-state index is 12.6. The topological polar surface area (TPSA) is 41.6 Å². The lowest BCUT2D eigenvalue weighted by Gasteiger charge is -2.18. The first-order chi connectivity index (χ1) is 12.8. The number of hydrogen-bond donors (Lipinski definition) is 1. The third kappa shape index (κ3) is 6.51. The number of rotatable bonds is 7. The van der Waals surface area contributed by atoms with E-state index in [1.165, 1.54) is 17.0 Å². The van der Waals surface area contributed by atoms with E-state index in [0.29, 0.717) is 12.1 Å². The molecule has 2 rings (SSSR count). The monoisotopic (exact) mass is 380 g/mol. The highest BCUT2D eigenvalue weighted by Gasteiger charge is 2.29. The van der Waals surface area contributed by atoms with E-state index in [9.17, 15) is 18.0 Å². The summed E-state index contributed by atoms with van der Waals surface area (Å²) in [5, 5.41) is 2.81. The summed E-state index contributed by atoms with van der Waals surface area (Å²) >= 11 is 0. The lowest BCUT2D eigenvalue weighted by Crippen LogP contribution is -2.37. The number of carbonyl (C=O) groups excluding carboxylic acids is 1. The molecule has 2 aromatic carbocycles. The van der Waals surface area contributed by atoms with E-state index in [1.807, 2.05) is 24.3 Å². The first kappa shape index (κ1) is 20.6. The number of nitrogens with zero attached hydrogens (tertiary/aromatic N) is 1. The minimum absolute atomic E-state index is 0.239. The second-order valence-electron chi connectivity index (χ2n) is 6.23. The van der Waals surface area contributed by atoms with Crippen LogP contribution >= 0.6 is 0 Å². The van der Waals surface area contributed by atoms with Crippen LogP contribution in [0.15, 0.2) is 48.5 Å². The molecule has 7 heteroatoms. The second-order valence-corrected chi connectivity index (χ2v) is 6.23. The molecule has 27 heavy (non-hydrogen) atoms. The van der Waals surface area contributed by atoms with Crippen LogP contribution in [0.4, 0.5) is 18.0 Å². The van der Waals surface area contributed by atoms with Gasteiger partial charge in [-0.1, -0.05) is 24.3 Å². The van der Waals surface area contributed by atoms with Gasteiger partial charge >= 0.3 is 12.2 Å². The van der Waals surface area contributed by atoms with Crippen molar-refractivity contribution in [3.8, 4) is 5.75 Å². The fraction of sp³-hybridized carbons (Fsp3) is 0.350. The summed E-state index contributed by atoms with van der Waals surface area (Å²) in [7, 11) is 3.22. The van der Waals surface area contributed by atoms with Crippen molar-refractivity contribution in [3.05, 3.63) is 65.2 Å². The number of amides is 2. The molecular formula is C20H23F3N2O2. The molecule has 0 atom stereocenters. The molecule has 146 valence electrons. The van der Waals surface area contributed by atoms with Gasteiger partial charge in [0.2, 0.25) is 0 Å². The standard InChI is InChI=1S/C20H23F3N2O2/c1-25(14-16-5-9-17(10-6-16)20(21,22)23)19(26)24-13-3-4-15-7-11-18(27-2)12-8-15/h5-12H,3-4,13-14H2,1-2H3,(H,24,26). The van der Waals surface area contributed by atoms with E-state index in [0.717, 1.165) is 36.3 Å². The number of ether oxygens (including phenoxy) is 1. The Kier molecular flexibility index (Phi) is 7.10. The van der Waals surface area contributed by atoms with Gasteiger partial charge in [-0.2, -0.15) is 13.2 Å². The van der Waals surface area contributed by atoms with Crippen molar-refractivity contribution < 1.29 is 22.7 Å². The van der Waals surface area contributed by atoms with E-state index >= 15 is 0 Å². The molecule has 1 N–H and O–H groups in total. The SMILES string of the molecule is COc1ccc(CCCNC(=O)N(C)Cc2ccc(C(F)(F)F)cc2)cc1. The number of urea groups is 1. The molecule has 0 unspecified atom stereocenters. The molecule has 0 saturated carbocycles. The summed E-state index contributed by atoms with van der Waals surface area (Å²) < 4.78 is 42.8. The summed E-state index contributed by atoms with van der Waals surface area (Å²) in [5.74, 6) is 0.803. The Bertz CT molecular complexity index is 728. The molecule has 0 aromatic heterocycles. The van der Waals surface area contributed by atoms with Crippen LogP contribution in [0, 0.1) is 0 Å². The van der Waals surface area contributed by atoms with Crippen LogP contribution < -0.4 is 10.1 Å². The quantitative estimate of drug-likeness (QED) is 0.719. The zero-order chi connectivity index (χ0) is 19.9. The van der Waals surface area contributed by atoms with Crippen molar-refractivity contribution in [2.45, 2.75) is 25.6 Å². The van der Waals surface area contributed by atoms with Crippen molar-refractivity contribution in [2.24, 2.45) is 0 Å². The van der Waals surface area contributed by atoms with Crippen LogP contribution in [0.3, 0.4) is 0 Å². The molecule has 0 fully saturated rings. The number of benzene rings is 2. The number of aryl methyl sites for hydroxylation is 1. The Morgan fingerprint density at radius 1 is 1.04 bits per heavy atom. The van der Waals surface area contributed by atoms with Crippen molar-refractivity contribution >= 4 is 6.03 Å². The molecule has 2 amide bonds. The van der Waals surface area contributed by atoms with Crippen molar-refractivity contribution in [2.75, 3.05) is 20.7 Å². The van der Waals surface area contributed by atoms with E-state index in [2.05, 4.69) is 5.32 Å². The average Bonchev–Trinajstić information content (AvgIpc) is 2.65. The van der Waals surface area contributed by atoms with Crippen LogP contribution in [0.2, 0.25) is 0 Å². The molecule has 0 saturated heterocycles. The number of hydrogen-bond acceptors (Lipinski definition) is 2. The van der Waals surface area contributed by atoms with E-state index in [4.69, 9.17) is 4.74 Å². The van der Waals surface area contributed by atoms with Crippen LogP contribution in [0.25, 0.3) is 0 Å². The molecule has 0 bridgehead atoms. The summed E-state index contributed by atoms with van der Waals surface area (Å²) in [5.41, 5.74) is 1.10. The largest absolute Gasteiger partial charge is 0.497 e. The van der Waals surface area contributed by atoms with Gasteiger partial charge in [0.15, 0.2) is 0 Å². The molecule has 0 aliphatic heterocycles. The number of alkyl halides is 3. The van der Waals surface area contributed by atoms with Gasteiger partial charge in [-0.05, 0) is 48.2 Å². The first-order valence-electron chi connectivity index (χ1n) is 8.57. The lowest BCUT2D eigenvalue weighted by atomic mass is 10.1. The number of carbonyl (C=O) groups is 1. The Morgan fingerprint density at radius 2 is 1.63 bits per heavy atom. The smallest absolute Gasteiger partial charge is 0.416 e. The Balaban J connectivity index is 1.73. The maximum Gasteiger partial charge on any atom is 0.416 e. The summed E-state index contributed by atoms with van der Waals surface area (Å²) in [4.78, 5) is 13.5. The highest BCUT2D eigenvalue weighted by atomic mass is 19.4. The maximum absolute atomic E-state index is 12.6. The van der Waals surface area contributed by atoms with Crippen molar-refractivity contribution in [3.63, 3.8) is 0 Å².